The second-order valence-electron chi connectivity index (χ2n) is 7.15. The van der Waals surface area contributed by atoms with E-state index in [9.17, 15) is 0 Å². The average Bonchev–Trinajstić information content (AvgIpc) is 3.27. The summed E-state index contributed by atoms with van der Waals surface area (Å²) >= 11 is 0. The molecule has 3 heterocycles. The molecule has 0 unspecified atom stereocenters. The Morgan fingerprint density at radius 1 is 1.18 bits per heavy atom. The van der Waals surface area contributed by atoms with Gasteiger partial charge in [-0.1, -0.05) is 0 Å². The highest BCUT2D eigenvalue weighted by molar-refractivity contribution is 6.01. The molecule has 7 heteroatoms. The van der Waals surface area contributed by atoms with Gasteiger partial charge in [0.15, 0.2) is 11.5 Å². The van der Waals surface area contributed by atoms with E-state index >= 15 is 0 Å². The van der Waals surface area contributed by atoms with Gasteiger partial charge in [0, 0.05) is 44.4 Å². The van der Waals surface area contributed by atoms with E-state index in [0.29, 0.717) is 19.0 Å². The fourth-order valence-electron chi connectivity index (χ4n) is 3.55. The third-order valence-corrected chi connectivity index (χ3v) is 5.35. The quantitative estimate of drug-likeness (QED) is 0.625. The van der Waals surface area contributed by atoms with Gasteiger partial charge in [-0.2, -0.15) is 0 Å². The first-order valence-corrected chi connectivity index (χ1v) is 9.69. The number of nitrogens with zero attached hydrogens (tertiary/aromatic N) is 2. The molecular formula is C21H26N4O3. The van der Waals surface area contributed by atoms with Crippen LogP contribution in [0.3, 0.4) is 0 Å². The summed E-state index contributed by atoms with van der Waals surface area (Å²) in [5.74, 6) is 3.71. The number of fused-ring (bicyclic) bond motifs is 1. The molecular weight excluding hydrogens is 356 g/mol. The van der Waals surface area contributed by atoms with E-state index in [4.69, 9.17) is 19.6 Å². The van der Waals surface area contributed by atoms with Crippen LogP contribution in [0, 0.1) is 5.41 Å². The van der Waals surface area contributed by atoms with Gasteiger partial charge in [0.1, 0.15) is 36.7 Å². The maximum Gasteiger partial charge on any atom is 0.165 e. The molecule has 1 fully saturated rings. The Bertz CT molecular complexity index is 868. The zero-order valence-corrected chi connectivity index (χ0v) is 16.3. The Kier molecular flexibility index (Phi) is 5.23. The van der Waals surface area contributed by atoms with Crippen molar-refractivity contribution in [1.29, 1.82) is 5.41 Å². The minimum Gasteiger partial charge on any atom is -0.490 e. The summed E-state index contributed by atoms with van der Waals surface area (Å²) in [6.07, 6.45) is 5.43. The lowest BCUT2D eigenvalue weighted by Gasteiger charge is -2.34. The molecule has 2 aromatic rings. The van der Waals surface area contributed by atoms with E-state index < -0.39 is 0 Å². The number of amidine groups is 1. The Balaban J connectivity index is 1.34. The highest BCUT2D eigenvalue weighted by atomic mass is 16.6. The SMILES string of the molecule is C/C(C(=N)N1CCC(Oc2ccc3c(c2)OCCO3)CC1)=C(\C)c1ncc[nH]1. The van der Waals surface area contributed by atoms with Gasteiger partial charge < -0.3 is 24.1 Å². The van der Waals surface area contributed by atoms with Crippen molar-refractivity contribution in [3.63, 3.8) is 0 Å². The zero-order chi connectivity index (χ0) is 19.5. The van der Waals surface area contributed by atoms with Gasteiger partial charge in [-0.15, -0.1) is 0 Å². The van der Waals surface area contributed by atoms with Gasteiger partial charge in [-0.3, -0.25) is 5.41 Å². The predicted octanol–water partition coefficient (Wildman–Crippen LogP) is 3.49. The molecule has 2 aliphatic heterocycles. The smallest absolute Gasteiger partial charge is 0.165 e. The van der Waals surface area contributed by atoms with Crippen molar-refractivity contribution in [2.24, 2.45) is 0 Å². The number of imidazole rings is 1. The van der Waals surface area contributed by atoms with E-state index in [0.717, 1.165) is 60.2 Å². The molecule has 0 spiro atoms. The molecule has 2 N–H and O–H groups in total. The fourth-order valence-corrected chi connectivity index (χ4v) is 3.55. The third kappa shape index (κ3) is 3.83. The Morgan fingerprint density at radius 2 is 1.93 bits per heavy atom. The zero-order valence-electron chi connectivity index (χ0n) is 16.3. The maximum atomic E-state index is 8.57. The number of rotatable bonds is 4. The van der Waals surface area contributed by atoms with Gasteiger partial charge in [0.05, 0.1) is 0 Å². The topological polar surface area (TPSA) is 83.5 Å². The van der Waals surface area contributed by atoms with Crippen LogP contribution in [0.25, 0.3) is 5.57 Å². The average molecular weight is 382 g/mol. The molecule has 2 aliphatic rings. The summed E-state index contributed by atoms with van der Waals surface area (Å²) in [5.41, 5.74) is 1.95. The molecule has 0 atom stereocenters. The number of piperidine rings is 1. The van der Waals surface area contributed by atoms with Crippen LogP contribution in [0.4, 0.5) is 0 Å². The lowest BCUT2D eigenvalue weighted by Crippen LogP contribution is -2.42. The van der Waals surface area contributed by atoms with Gasteiger partial charge in [0.25, 0.3) is 0 Å². The first-order valence-electron chi connectivity index (χ1n) is 9.69. The Morgan fingerprint density at radius 3 is 2.64 bits per heavy atom. The molecule has 0 radical (unpaired) electrons. The van der Waals surface area contributed by atoms with E-state index in [1.807, 2.05) is 32.0 Å². The molecule has 0 bridgehead atoms. The van der Waals surface area contributed by atoms with Crippen LogP contribution in [0.1, 0.15) is 32.5 Å². The summed E-state index contributed by atoms with van der Waals surface area (Å²) in [7, 11) is 0. The second kappa shape index (κ2) is 7.96. The number of hydrogen-bond acceptors (Lipinski definition) is 5. The van der Waals surface area contributed by atoms with Crippen LogP contribution in [0.2, 0.25) is 0 Å². The van der Waals surface area contributed by atoms with E-state index in [-0.39, 0.29) is 6.10 Å². The summed E-state index contributed by atoms with van der Waals surface area (Å²) in [5, 5.41) is 8.57. The lowest BCUT2D eigenvalue weighted by molar-refractivity contribution is 0.128. The molecule has 1 aromatic heterocycles. The van der Waals surface area contributed by atoms with Crippen LogP contribution in [0.5, 0.6) is 17.2 Å². The van der Waals surface area contributed by atoms with Crippen molar-refractivity contribution in [2.75, 3.05) is 26.3 Å². The van der Waals surface area contributed by atoms with Crippen molar-refractivity contribution in [3.05, 3.63) is 42.0 Å². The summed E-state index contributed by atoms with van der Waals surface area (Å²) in [6, 6.07) is 5.74. The summed E-state index contributed by atoms with van der Waals surface area (Å²) in [4.78, 5) is 9.51. The van der Waals surface area contributed by atoms with Crippen LogP contribution in [-0.4, -0.2) is 53.1 Å². The lowest BCUT2D eigenvalue weighted by atomic mass is 10.0. The van der Waals surface area contributed by atoms with Crippen LogP contribution >= 0.6 is 0 Å². The molecule has 4 rings (SSSR count). The van der Waals surface area contributed by atoms with Crippen LogP contribution < -0.4 is 14.2 Å². The van der Waals surface area contributed by atoms with Gasteiger partial charge in [-0.25, -0.2) is 4.98 Å². The number of aromatic nitrogens is 2. The number of ether oxygens (including phenoxy) is 3. The standard InChI is InChI=1S/C21H26N4O3/c1-14(15(2)21-23-7-8-24-21)20(22)25-9-5-16(6-10-25)28-17-3-4-18-19(13-17)27-12-11-26-18/h3-4,7-8,13,16,22H,5-6,9-12H2,1-2H3,(H,23,24)/b15-14-,22-20?. The summed E-state index contributed by atoms with van der Waals surface area (Å²) < 4.78 is 17.3. The molecule has 0 saturated carbocycles. The first-order chi connectivity index (χ1) is 13.6. The van der Waals surface area contributed by atoms with Crippen molar-refractivity contribution >= 4 is 11.4 Å². The minimum atomic E-state index is 0.141. The van der Waals surface area contributed by atoms with Crippen molar-refractivity contribution in [1.82, 2.24) is 14.9 Å². The highest BCUT2D eigenvalue weighted by Crippen LogP contribution is 2.34. The van der Waals surface area contributed by atoms with Gasteiger partial charge >= 0.3 is 0 Å². The Labute approximate surface area is 164 Å². The molecule has 7 nitrogen and oxygen atoms in total. The predicted molar refractivity (Wildman–Crippen MR) is 107 cm³/mol. The minimum absolute atomic E-state index is 0.141. The number of nitrogens with one attached hydrogen (secondary N) is 2. The molecule has 148 valence electrons. The van der Waals surface area contributed by atoms with Crippen molar-refractivity contribution in [2.45, 2.75) is 32.8 Å². The number of hydrogen-bond donors (Lipinski definition) is 2. The van der Waals surface area contributed by atoms with Crippen molar-refractivity contribution in [3.8, 4) is 17.2 Å². The number of allylic oxidation sites excluding steroid dienone is 1. The largest absolute Gasteiger partial charge is 0.490 e. The monoisotopic (exact) mass is 382 g/mol. The van der Waals surface area contributed by atoms with Gasteiger partial charge in [-0.05, 0) is 37.1 Å². The summed E-state index contributed by atoms with van der Waals surface area (Å²) in [6.45, 7) is 6.75. The third-order valence-electron chi connectivity index (χ3n) is 5.35. The Hall–Kier alpha value is -2.96. The maximum absolute atomic E-state index is 8.57. The molecule has 28 heavy (non-hydrogen) atoms. The fraction of sp³-hybridized carbons (Fsp3) is 0.429. The number of aromatic amines is 1. The number of H-pyrrole nitrogens is 1. The second-order valence-corrected chi connectivity index (χ2v) is 7.15. The highest BCUT2D eigenvalue weighted by Gasteiger charge is 2.24. The van der Waals surface area contributed by atoms with Gasteiger partial charge in [0.2, 0.25) is 0 Å². The van der Waals surface area contributed by atoms with E-state index in [1.54, 1.807) is 12.4 Å². The normalized spacial score (nSPS) is 17.9. The van der Waals surface area contributed by atoms with Crippen LogP contribution in [-0.2, 0) is 0 Å². The molecule has 1 aromatic carbocycles. The first kappa shape index (κ1) is 18.4. The van der Waals surface area contributed by atoms with E-state index in [2.05, 4.69) is 14.9 Å². The van der Waals surface area contributed by atoms with Crippen molar-refractivity contribution < 1.29 is 14.2 Å². The van der Waals surface area contributed by atoms with E-state index in [1.165, 1.54) is 0 Å². The van der Waals surface area contributed by atoms with Crippen LogP contribution in [0.15, 0.2) is 36.2 Å². The number of likely N-dealkylation sites (tertiary alicyclic amines) is 1. The molecule has 0 aliphatic carbocycles. The molecule has 1 saturated heterocycles. The molecule has 0 amide bonds. The number of benzene rings is 1.